The zero-order valence-corrected chi connectivity index (χ0v) is 15.1. The maximum Gasteiger partial charge on any atom is 0.0725 e. The van der Waals surface area contributed by atoms with E-state index in [0.29, 0.717) is 0 Å². The molecule has 0 aliphatic heterocycles. The van der Waals surface area contributed by atoms with Gasteiger partial charge in [0.25, 0.3) is 0 Å². The van der Waals surface area contributed by atoms with Gasteiger partial charge in [-0.15, -0.1) is 0 Å². The summed E-state index contributed by atoms with van der Waals surface area (Å²) >= 11 is 0. The topological polar surface area (TPSA) is 0 Å². The lowest BCUT2D eigenvalue weighted by Crippen LogP contribution is -2.27. The van der Waals surface area contributed by atoms with Gasteiger partial charge >= 0.3 is 0 Å². The Morgan fingerprint density at radius 2 is 1.19 bits per heavy atom. The predicted molar refractivity (Wildman–Crippen MR) is 112 cm³/mol. The van der Waals surface area contributed by atoms with E-state index in [1.807, 2.05) is 25.2 Å². The average Bonchev–Trinajstić information content (AvgIpc) is 3.13. The minimum absolute atomic E-state index is 0.366. The molecule has 26 heavy (non-hydrogen) atoms. The number of rotatable bonds is 4. The van der Waals surface area contributed by atoms with Gasteiger partial charge in [0.2, 0.25) is 0 Å². The van der Waals surface area contributed by atoms with Crippen LogP contribution in [0.5, 0.6) is 0 Å². The van der Waals surface area contributed by atoms with Gasteiger partial charge in [0.05, 0.1) is 5.41 Å². The summed E-state index contributed by atoms with van der Waals surface area (Å²) in [6.45, 7) is 14.5. The van der Waals surface area contributed by atoms with E-state index in [1.165, 1.54) is 39.0 Å². The minimum atomic E-state index is -0.366. The van der Waals surface area contributed by atoms with Gasteiger partial charge in [0.15, 0.2) is 0 Å². The van der Waals surface area contributed by atoms with Gasteiger partial charge in [-0.3, -0.25) is 0 Å². The molecule has 2 aromatic rings. The Morgan fingerprint density at radius 3 is 1.65 bits per heavy atom. The monoisotopic (exact) mass is 334 g/mol. The molecule has 0 nitrogen and oxygen atoms in total. The first-order valence-electron chi connectivity index (χ1n) is 8.94. The number of fused-ring (bicyclic) bond motifs is 5. The summed E-state index contributed by atoms with van der Waals surface area (Å²) in [5.41, 5.74) is 9.51. The number of hydrogen-bond acceptors (Lipinski definition) is 0. The van der Waals surface area contributed by atoms with E-state index in [4.69, 9.17) is 0 Å². The molecule has 0 heteroatoms. The molecule has 0 saturated carbocycles. The van der Waals surface area contributed by atoms with E-state index in [9.17, 15) is 0 Å². The van der Waals surface area contributed by atoms with Crippen LogP contribution in [0.2, 0.25) is 0 Å². The molecule has 0 unspecified atom stereocenters. The molecular formula is C26H22. The second-order valence-electron chi connectivity index (χ2n) is 6.61. The lowest BCUT2D eigenvalue weighted by molar-refractivity contribution is 0.780. The molecule has 0 atom stereocenters. The summed E-state index contributed by atoms with van der Waals surface area (Å²) in [5, 5.41) is 0. The fourth-order valence-corrected chi connectivity index (χ4v) is 4.75. The van der Waals surface area contributed by atoms with Crippen LogP contribution >= 0.6 is 0 Å². The van der Waals surface area contributed by atoms with Crippen LogP contribution in [0.25, 0.3) is 11.1 Å². The van der Waals surface area contributed by atoms with Crippen molar-refractivity contribution in [2.45, 2.75) is 12.3 Å². The average molecular weight is 334 g/mol. The molecule has 126 valence electrons. The van der Waals surface area contributed by atoms with Crippen LogP contribution < -0.4 is 0 Å². The van der Waals surface area contributed by atoms with Gasteiger partial charge in [-0.05, 0) is 51.5 Å². The van der Waals surface area contributed by atoms with Crippen molar-refractivity contribution >= 4 is 0 Å². The molecule has 0 fully saturated rings. The third kappa shape index (κ3) is 1.79. The van der Waals surface area contributed by atoms with Crippen LogP contribution in [0, 0.1) is 0 Å². The van der Waals surface area contributed by atoms with Gasteiger partial charge in [0.1, 0.15) is 0 Å². The fraction of sp³-hybridized carbons (Fsp3) is 0.0769. The van der Waals surface area contributed by atoms with Gasteiger partial charge in [-0.1, -0.05) is 98.6 Å². The molecule has 2 aromatic carbocycles. The standard InChI is InChI=1S/C26H22/c1-5-13-19-18(6-2)22(7-3)26(23(19)8-4)24-16-11-9-14-20(24)21-15-10-12-17-25(21)26/h5-17H,2-4H2,1H3/b13-5-. The first-order valence-corrected chi connectivity index (χ1v) is 8.94. The van der Waals surface area contributed by atoms with E-state index in [2.05, 4.69) is 80.4 Å². The highest BCUT2D eigenvalue weighted by atomic mass is 14.5. The van der Waals surface area contributed by atoms with Gasteiger partial charge < -0.3 is 0 Å². The smallest absolute Gasteiger partial charge is 0.0725 e. The highest BCUT2D eigenvalue weighted by molar-refractivity contribution is 5.90. The molecule has 4 rings (SSSR count). The van der Waals surface area contributed by atoms with E-state index < -0.39 is 0 Å². The predicted octanol–water partition coefficient (Wildman–Crippen LogP) is 6.69. The highest BCUT2D eigenvalue weighted by Crippen LogP contribution is 2.61. The third-order valence-electron chi connectivity index (χ3n) is 5.58. The van der Waals surface area contributed by atoms with Crippen LogP contribution in [0.1, 0.15) is 18.1 Å². The molecular weight excluding hydrogens is 312 g/mol. The van der Waals surface area contributed by atoms with Crippen LogP contribution in [0.4, 0.5) is 0 Å². The molecule has 0 aromatic heterocycles. The summed E-state index contributed by atoms with van der Waals surface area (Å²) < 4.78 is 0. The van der Waals surface area contributed by atoms with Crippen LogP contribution in [-0.4, -0.2) is 0 Å². The summed E-state index contributed by atoms with van der Waals surface area (Å²) in [4.78, 5) is 0. The summed E-state index contributed by atoms with van der Waals surface area (Å²) in [5.74, 6) is 0. The van der Waals surface area contributed by atoms with E-state index >= 15 is 0 Å². The van der Waals surface area contributed by atoms with E-state index in [1.54, 1.807) is 0 Å². The maximum absolute atomic E-state index is 4.19. The second-order valence-corrected chi connectivity index (χ2v) is 6.61. The van der Waals surface area contributed by atoms with E-state index in [-0.39, 0.29) is 5.41 Å². The Balaban J connectivity index is 2.26. The molecule has 0 amide bonds. The molecule has 1 spiro atoms. The molecule has 0 heterocycles. The molecule has 2 aliphatic carbocycles. The summed E-state index contributed by atoms with van der Waals surface area (Å²) in [6.07, 6.45) is 10.2. The van der Waals surface area contributed by atoms with Gasteiger partial charge in [-0.2, -0.15) is 0 Å². The van der Waals surface area contributed by atoms with Crippen LogP contribution in [0.3, 0.4) is 0 Å². The van der Waals surface area contributed by atoms with Crippen molar-refractivity contribution in [2.75, 3.05) is 0 Å². The van der Waals surface area contributed by atoms with Crippen LogP contribution in [-0.2, 0) is 5.41 Å². The lowest BCUT2D eigenvalue weighted by Gasteiger charge is -2.32. The summed E-state index contributed by atoms with van der Waals surface area (Å²) in [7, 11) is 0. The Morgan fingerprint density at radius 1 is 0.692 bits per heavy atom. The third-order valence-corrected chi connectivity index (χ3v) is 5.58. The van der Waals surface area contributed by atoms with Gasteiger partial charge in [0, 0.05) is 0 Å². The SMILES string of the molecule is C=CC1=C(C=C)C2(C(C=C)=C1/C=C\C)c1ccccc1-c1ccccc12. The number of benzene rings is 2. The maximum atomic E-state index is 4.19. The molecule has 2 aliphatic rings. The zero-order valence-electron chi connectivity index (χ0n) is 15.1. The summed E-state index contributed by atoms with van der Waals surface area (Å²) in [6, 6.07) is 17.4. The van der Waals surface area contributed by atoms with E-state index in [0.717, 1.165) is 5.57 Å². The Kier molecular flexibility index (Phi) is 3.77. The molecule has 0 saturated heterocycles. The Hall–Kier alpha value is -3.12. The first kappa shape index (κ1) is 16.4. The second kappa shape index (κ2) is 6.00. The van der Waals surface area contributed by atoms with Crippen molar-refractivity contribution in [3.05, 3.63) is 132 Å². The van der Waals surface area contributed by atoms with Crippen LogP contribution in [0.15, 0.2) is 121 Å². The normalized spacial score (nSPS) is 17.0. The van der Waals surface area contributed by atoms with Crippen molar-refractivity contribution < 1.29 is 0 Å². The fourth-order valence-electron chi connectivity index (χ4n) is 4.75. The first-order chi connectivity index (χ1) is 12.7. The minimum Gasteiger partial charge on any atom is -0.0987 e. The van der Waals surface area contributed by atoms with Crippen molar-refractivity contribution in [3.8, 4) is 11.1 Å². The number of allylic oxidation sites excluding steroid dienone is 9. The largest absolute Gasteiger partial charge is 0.0987 e. The quantitative estimate of drug-likeness (QED) is 0.584. The molecule has 0 bridgehead atoms. The number of hydrogen-bond donors (Lipinski definition) is 0. The lowest BCUT2D eigenvalue weighted by atomic mass is 9.68. The Labute approximate surface area is 155 Å². The zero-order chi connectivity index (χ0) is 18.3. The molecule has 0 N–H and O–H groups in total. The van der Waals surface area contributed by atoms with Crippen molar-refractivity contribution in [3.63, 3.8) is 0 Å². The van der Waals surface area contributed by atoms with Gasteiger partial charge in [-0.25, -0.2) is 0 Å². The Bertz CT molecular complexity index is 992. The molecule has 0 radical (unpaired) electrons. The van der Waals surface area contributed by atoms with Crippen molar-refractivity contribution in [2.24, 2.45) is 0 Å². The van der Waals surface area contributed by atoms with Crippen molar-refractivity contribution in [1.29, 1.82) is 0 Å². The highest BCUT2D eigenvalue weighted by Gasteiger charge is 2.51. The van der Waals surface area contributed by atoms with Crippen molar-refractivity contribution in [1.82, 2.24) is 0 Å².